The number of urea groups is 1. The number of carbonyl (C=O) groups is 2. The number of benzene rings is 1. The Morgan fingerprint density at radius 1 is 1.21 bits per heavy atom. The molecule has 2 heterocycles. The van der Waals surface area contributed by atoms with Crippen LogP contribution in [0.15, 0.2) is 41.8 Å². The number of nitrogens with zero attached hydrogens (tertiary/aromatic N) is 1. The zero-order chi connectivity index (χ0) is 17.5. The van der Waals surface area contributed by atoms with Crippen LogP contribution in [0.3, 0.4) is 0 Å². The molecule has 3 rings (SSSR count). The highest BCUT2D eigenvalue weighted by atomic mass is 32.1. The monoisotopic (exact) mass is 354 g/mol. The summed E-state index contributed by atoms with van der Waals surface area (Å²) in [5.41, 5.74) is -1.76. The molecule has 1 fully saturated rings. The highest BCUT2D eigenvalue weighted by Gasteiger charge is 2.49. The van der Waals surface area contributed by atoms with E-state index in [1.54, 1.807) is 24.4 Å². The fourth-order valence-corrected chi connectivity index (χ4v) is 3.43. The Bertz CT molecular complexity index is 789. The van der Waals surface area contributed by atoms with Crippen molar-refractivity contribution in [2.75, 3.05) is 0 Å². The number of imide groups is 1. The first-order valence-electron chi connectivity index (χ1n) is 7.06. The van der Waals surface area contributed by atoms with Gasteiger partial charge in [-0.3, -0.25) is 9.69 Å². The van der Waals surface area contributed by atoms with Gasteiger partial charge in [0.1, 0.15) is 0 Å². The fraction of sp³-hybridized carbons (Fsp3) is 0.250. The van der Waals surface area contributed by atoms with Crippen molar-refractivity contribution < 1.29 is 22.8 Å². The average molecular weight is 354 g/mol. The van der Waals surface area contributed by atoms with Gasteiger partial charge in [0, 0.05) is 4.88 Å². The van der Waals surface area contributed by atoms with E-state index in [0.717, 1.165) is 17.0 Å². The van der Waals surface area contributed by atoms with E-state index in [-0.39, 0.29) is 12.1 Å². The molecule has 1 atom stereocenters. The first-order chi connectivity index (χ1) is 11.2. The summed E-state index contributed by atoms with van der Waals surface area (Å²) in [7, 11) is 0. The van der Waals surface area contributed by atoms with Gasteiger partial charge in [-0.2, -0.15) is 13.2 Å². The number of amides is 3. The van der Waals surface area contributed by atoms with Crippen LogP contribution in [0.2, 0.25) is 0 Å². The van der Waals surface area contributed by atoms with Gasteiger partial charge in [0.05, 0.1) is 12.1 Å². The number of hydrogen-bond acceptors (Lipinski definition) is 3. The van der Waals surface area contributed by atoms with E-state index in [9.17, 15) is 22.8 Å². The van der Waals surface area contributed by atoms with E-state index in [1.807, 2.05) is 0 Å². The second-order valence-electron chi connectivity index (χ2n) is 5.62. The van der Waals surface area contributed by atoms with Crippen LogP contribution in [0.5, 0.6) is 0 Å². The van der Waals surface area contributed by atoms with E-state index in [2.05, 4.69) is 5.32 Å². The van der Waals surface area contributed by atoms with Crippen LogP contribution in [0, 0.1) is 0 Å². The summed E-state index contributed by atoms with van der Waals surface area (Å²) >= 11 is 1.33. The Kier molecular flexibility index (Phi) is 3.87. The molecule has 2 aromatic rings. The van der Waals surface area contributed by atoms with Crippen LogP contribution >= 0.6 is 11.3 Å². The lowest BCUT2D eigenvalue weighted by molar-refractivity contribution is -0.137. The number of nitrogens with one attached hydrogen (secondary N) is 1. The molecule has 1 N–H and O–H groups in total. The summed E-state index contributed by atoms with van der Waals surface area (Å²) < 4.78 is 38.4. The molecule has 1 aromatic carbocycles. The molecule has 126 valence electrons. The molecule has 1 aliphatic rings. The second kappa shape index (κ2) is 5.62. The third-order valence-electron chi connectivity index (χ3n) is 3.88. The minimum absolute atomic E-state index is 0.213. The zero-order valence-corrected chi connectivity index (χ0v) is 13.4. The van der Waals surface area contributed by atoms with Gasteiger partial charge < -0.3 is 5.32 Å². The standard InChI is InChI=1S/C16H13F3N2O2S/c1-15(12-6-3-7-24-12)13(22)21(14(23)20-15)9-10-4-2-5-11(8-10)16(17,18)19/h2-8H,9H2,1H3,(H,20,23)/t15-/m1/s1. The van der Waals surface area contributed by atoms with Crippen LogP contribution < -0.4 is 5.32 Å². The van der Waals surface area contributed by atoms with Gasteiger partial charge >= 0.3 is 12.2 Å². The van der Waals surface area contributed by atoms with Crippen LogP contribution in [0.1, 0.15) is 22.9 Å². The molecular weight excluding hydrogens is 341 g/mol. The van der Waals surface area contributed by atoms with Crippen molar-refractivity contribution in [3.8, 4) is 0 Å². The minimum Gasteiger partial charge on any atom is -0.319 e. The van der Waals surface area contributed by atoms with Gasteiger partial charge in [-0.1, -0.05) is 18.2 Å². The molecule has 0 aliphatic carbocycles. The Labute approximate surface area is 139 Å². The lowest BCUT2D eigenvalue weighted by Crippen LogP contribution is -2.40. The van der Waals surface area contributed by atoms with Gasteiger partial charge in [-0.05, 0) is 36.1 Å². The summed E-state index contributed by atoms with van der Waals surface area (Å²) in [4.78, 5) is 26.4. The van der Waals surface area contributed by atoms with Crippen molar-refractivity contribution in [3.05, 3.63) is 57.8 Å². The number of hydrogen-bond donors (Lipinski definition) is 1. The first-order valence-corrected chi connectivity index (χ1v) is 7.94. The highest BCUT2D eigenvalue weighted by molar-refractivity contribution is 7.10. The van der Waals surface area contributed by atoms with Crippen molar-refractivity contribution in [2.45, 2.75) is 25.2 Å². The predicted octanol–water partition coefficient (Wildman–Crippen LogP) is 3.73. The molecule has 4 nitrogen and oxygen atoms in total. The molecule has 8 heteroatoms. The molecule has 3 amide bonds. The van der Waals surface area contributed by atoms with E-state index >= 15 is 0 Å². The highest BCUT2D eigenvalue weighted by Crippen LogP contribution is 2.33. The van der Waals surface area contributed by atoms with E-state index < -0.39 is 29.2 Å². The normalized spacial score (nSPS) is 21.2. The first kappa shape index (κ1) is 16.5. The Morgan fingerprint density at radius 3 is 2.58 bits per heavy atom. The smallest absolute Gasteiger partial charge is 0.319 e. The third-order valence-corrected chi connectivity index (χ3v) is 4.98. The maximum Gasteiger partial charge on any atom is 0.416 e. The summed E-state index contributed by atoms with van der Waals surface area (Å²) in [6.07, 6.45) is -4.47. The van der Waals surface area contributed by atoms with Crippen LogP contribution in [0.4, 0.5) is 18.0 Å². The van der Waals surface area contributed by atoms with Crippen LogP contribution in [0.25, 0.3) is 0 Å². The Hall–Kier alpha value is -2.35. The molecule has 0 bridgehead atoms. The molecule has 1 aromatic heterocycles. The Morgan fingerprint density at radius 2 is 1.96 bits per heavy atom. The van der Waals surface area contributed by atoms with Crippen molar-refractivity contribution in [3.63, 3.8) is 0 Å². The minimum atomic E-state index is -4.47. The molecule has 0 saturated carbocycles. The summed E-state index contributed by atoms with van der Waals surface area (Å²) in [6.45, 7) is 1.38. The van der Waals surface area contributed by atoms with Crippen LogP contribution in [-0.4, -0.2) is 16.8 Å². The number of alkyl halides is 3. The molecule has 24 heavy (non-hydrogen) atoms. The number of halogens is 3. The quantitative estimate of drug-likeness (QED) is 0.854. The van der Waals surface area contributed by atoms with Crippen molar-refractivity contribution in [1.82, 2.24) is 10.2 Å². The lowest BCUT2D eigenvalue weighted by atomic mass is 10.0. The lowest BCUT2D eigenvalue weighted by Gasteiger charge is -2.20. The molecule has 0 radical (unpaired) electrons. The number of carbonyl (C=O) groups excluding carboxylic acids is 2. The average Bonchev–Trinajstić information content (AvgIpc) is 3.12. The second-order valence-corrected chi connectivity index (χ2v) is 6.57. The van der Waals surface area contributed by atoms with Crippen molar-refractivity contribution >= 4 is 23.3 Å². The topological polar surface area (TPSA) is 49.4 Å². The predicted molar refractivity (Wildman–Crippen MR) is 82.2 cm³/mol. The van der Waals surface area contributed by atoms with E-state index in [1.165, 1.54) is 23.5 Å². The SMILES string of the molecule is C[C@]1(c2cccs2)NC(=O)N(Cc2cccc(C(F)(F)F)c2)C1=O. The van der Waals surface area contributed by atoms with Gasteiger partial charge in [-0.15, -0.1) is 11.3 Å². The van der Waals surface area contributed by atoms with Gasteiger partial charge in [0.2, 0.25) is 0 Å². The number of rotatable bonds is 3. The van der Waals surface area contributed by atoms with Gasteiger partial charge in [0.15, 0.2) is 5.54 Å². The maximum atomic E-state index is 12.8. The van der Waals surface area contributed by atoms with Crippen molar-refractivity contribution in [1.29, 1.82) is 0 Å². The van der Waals surface area contributed by atoms with E-state index in [4.69, 9.17) is 0 Å². The van der Waals surface area contributed by atoms with Gasteiger partial charge in [0.25, 0.3) is 5.91 Å². The molecule has 1 saturated heterocycles. The largest absolute Gasteiger partial charge is 0.416 e. The van der Waals surface area contributed by atoms with Crippen molar-refractivity contribution in [2.24, 2.45) is 0 Å². The zero-order valence-electron chi connectivity index (χ0n) is 12.6. The molecule has 1 aliphatic heterocycles. The maximum absolute atomic E-state index is 12.8. The number of thiophene rings is 1. The summed E-state index contributed by atoms with van der Waals surface area (Å²) in [6, 6.07) is 7.49. The molecular formula is C16H13F3N2O2S. The third kappa shape index (κ3) is 2.77. The van der Waals surface area contributed by atoms with Crippen LogP contribution in [-0.2, 0) is 23.1 Å². The summed E-state index contributed by atoms with van der Waals surface area (Å²) in [5, 5.41) is 4.41. The Balaban J connectivity index is 1.86. The fourth-order valence-electron chi connectivity index (χ4n) is 2.60. The summed E-state index contributed by atoms with van der Waals surface area (Å²) in [5.74, 6) is -0.479. The molecule has 0 spiro atoms. The van der Waals surface area contributed by atoms with E-state index in [0.29, 0.717) is 4.88 Å². The molecule has 0 unspecified atom stereocenters. The van der Waals surface area contributed by atoms with Gasteiger partial charge in [-0.25, -0.2) is 4.79 Å².